The van der Waals surface area contributed by atoms with Crippen LogP contribution in [0, 0.1) is 0 Å². The summed E-state index contributed by atoms with van der Waals surface area (Å²) < 4.78 is 12.6. The van der Waals surface area contributed by atoms with Crippen molar-refractivity contribution in [2.24, 2.45) is 0 Å². The molecule has 0 unspecified atom stereocenters. The zero-order valence-corrected chi connectivity index (χ0v) is 16.2. The van der Waals surface area contributed by atoms with Crippen molar-refractivity contribution < 1.29 is 9.47 Å². The van der Waals surface area contributed by atoms with E-state index in [2.05, 4.69) is 51.6 Å². The molecule has 1 saturated heterocycles. The first-order valence-corrected chi connectivity index (χ1v) is 9.89. The van der Waals surface area contributed by atoms with Gasteiger partial charge in [-0.25, -0.2) is 0 Å². The van der Waals surface area contributed by atoms with E-state index in [-0.39, 0.29) is 0 Å². The molecule has 2 aromatic rings. The summed E-state index contributed by atoms with van der Waals surface area (Å²) in [4.78, 5) is 1.27. The molecule has 0 amide bonds. The second-order valence-corrected chi connectivity index (χ2v) is 7.71. The molecular weight excluding hydrogens is 386 g/mol. The van der Waals surface area contributed by atoms with E-state index in [4.69, 9.17) is 9.47 Å². The van der Waals surface area contributed by atoms with E-state index in [0.717, 1.165) is 35.5 Å². The Morgan fingerprint density at radius 1 is 1.21 bits per heavy atom. The SMILES string of the molecule is COc1ccc(Br)cc1CSc1ccccc1CO[C@@H]1CCNC1. The lowest BCUT2D eigenvalue weighted by Gasteiger charge is -2.14. The van der Waals surface area contributed by atoms with Crippen molar-refractivity contribution in [1.82, 2.24) is 5.32 Å². The maximum atomic E-state index is 6.04. The van der Waals surface area contributed by atoms with Crippen LogP contribution in [0.15, 0.2) is 51.8 Å². The number of nitrogens with one attached hydrogen (secondary N) is 1. The van der Waals surface area contributed by atoms with Crippen molar-refractivity contribution in [3.05, 3.63) is 58.1 Å². The minimum absolute atomic E-state index is 0.341. The van der Waals surface area contributed by atoms with Gasteiger partial charge in [-0.05, 0) is 42.8 Å². The van der Waals surface area contributed by atoms with Crippen molar-refractivity contribution in [3.8, 4) is 5.75 Å². The summed E-state index contributed by atoms with van der Waals surface area (Å²) in [6.07, 6.45) is 1.44. The van der Waals surface area contributed by atoms with Crippen molar-refractivity contribution in [1.29, 1.82) is 0 Å². The summed E-state index contributed by atoms with van der Waals surface area (Å²) in [5.41, 5.74) is 2.44. The molecule has 3 nitrogen and oxygen atoms in total. The van der Waals surface area contributed by atoms with E-state index in [9.17, 15) is 0 Å². The molecule has 1 aliphatic rings. The highest BCUT2D eigenvalue weighted by molar-refractivity contribution is 9.10. The van der Waals surface area contributed by atoms with E-state index < -0.39 is 0 Å². The number of thioether (sulfide) groups is 1. The number of benzene rings is 2. The van der Waals surface area contributed by atoms with Gasteiger partial charge in [-0.15, -0.1) is 11.8 Å². The van der Waals surface area contributed by atoms with Gasteiger partial charge in [-0.3, -0.25) is 0 Å². The van der Waals surface area contributed by atoms with Crippen LogP contribution in [0.1, 0.15) is 17.5 Å². The van der Waals surface area contributed by atoms with Crippen LogP contribution in [0.5, 0.6) is 5.75 Å². The van der Waals surface area contributed by atoms with Crippen LogP contribution < -0.4 is 10.1 Å². The highest BCUT2D eigenvalue weighted by Gasteiger charge is 2.15. The third-order valence-electron chi connectivity index (χ3n) is 4.09. The topological polar surface area (TPSA) is 30.5 Å². The molecule has 0 bridgehead atoms. The average molecular weight is 408 g/mol. The summed E-state index contributed by atoms with van der Waals surface area (Å²) in [7, 11) is 1.72. The van der Waals surface area contributed by atoms with Gasteiger partial charge < -0.3 is 14.8 Å². The second-order valence-electron chi connectivity index (χ2n) is 5.78. The fourth-order valence-electron chi connectivity index (χ4n) is 2.76. The lowest BCUT2D eigenvalue weighted by atomic mass is 10.2. The van der Waals surface area contributed by atoms with Gasteiger partial charge in [-0.2, -0.15) is 0 Å². The van der Waals surface area contributed by atoms with Gasteiger partial charge >= 0.3 is 0 Å². The maximum absolute atomic E-state index is 6.04. The number of methoxy groups -OCH3 is 1. The van der Waals surface area contributed by atoms with Gasteiger partial charge in [0, 0.05) is 27.2 Å². The summed E-state index contributed by atoms with van der Waals surface area (Å²) >= 11 is 5.36. The van der Waals surface area contributed by atoms with Gasteiger partial charge in [0.05, 0.1) is 19.8 Å². The predicted octanol–water partition coefficient (Wildman–Crippen LogP) is 4.63. The summed E-state index contributed by atoms with van der Waals surface area (Å²) in [5, 5.41) is 3.34. The Bertz CT molecular complexity index is 674. The molecule has 1 aliphatic heterocycles. The molecule has 1 N–H and O–H groups in total. The number of halogens is 1. The minimum atomic E-state index is 0.341. The first kappa shape index (κ1) is 17.8. The molecule has 1 fully saturated rings. The summed E-state index contributed by atoms with van der Waals surface area (Å²) in [6.45, 7) is 2.69. The lowest BCUT2D eigenvalue weighted by molar-refractivity contribution is 0.0530. The molecule has 3 rings (SSSR count). The summed E-state index contributed by atoms with van der Waals surface area (Å²) in [5.74, 6) is 1.79. The van der Waals surface area contributed by atoms with Crippen LogP contribution in [0.25, 0.3) is 0 Å². The lowest BCUT2D eigenvalue weighted by Crippen LogP contribution is -2.16. The van der Waals surface area contributed by atoms with Gasteiger partial charge in [0.1, 0.15) is 5.75 Å². The highest BCUT2D eigenvalue weighted by atomic mass is 79.9. The fourth-order valence-corrected chi connectivity index (χ4v) is 4.19. The standard InChI is InChI=1S/C19H22BrNO2S/c1-22-18-7-6-16(20)10-15(18)13-24-19-5-3-2-4-14(19)12-23-17-8-9-21-11-17/h2-7,10,17,21H,8-9,11-13H2,1H3/t17-/m1/s1. The van der Waals surface area contributed by atoms with Gasteiger partial charge in [0.25, 0.3) is 0 Å². The van der Waals surface area contributed by atoms with Crippen molar-refractivity contribution >= 4 is 27.7 Å². The Balaban J connectivity index is 1.65. The number of ether oxygens (including phenoxy) is 2. The van der Waals surface area contributed by atoms with E-state index in [1.807, 2.05) is 23.9 Å². The van der Waals surface area contributed by atoms with Crippen LogP contribution >= 0.6 is 27.7 Å². The first-order chi connectivity index (χ1) is 11.8. The monoisotopic (exact) mass is 407 g/mol. The Hall–Kier alpha value is -1.01. The third kappa shape index (κ3) is 4.76. The van der Waals surface area contributed by atoms with Crippen LogP contribution in [0.3, 0.4) is 0 Å². The fraction of sp³-hybridized carbons (Fsp3) is 0.368. The zero-order chi connectivity index (χ0) is 16.8. The molecule has 0 saturated carbocycles. The van der Waals surface area contributed by atoms with E-state index in [1.165, 1.54) is 16.0 Å². The second kappa shape index (κ2) is 8.90. The van der Waals surface area contributed by atoms with Crippen LogP contribution in [-0.2, 0) is 17.1 Å². The molecule has 0 radical (unpaired) electrons. The molecule has 2 aromatic carbocycles. The molecule has 0 spiro atoms. The molecule has 0 aromatic heterocycles. The number of hydrogen-bond donors (Lipinski definition) is 1. The van der Waals surface area contributed by atoms with Crippen molar-refractivity contribution in [2.45, 2.75) is 29.8 Å². The molecule has 1 atom stereocenters. The quantitative estimate of drug-likeness (QED) is 0.677. The molecule has 0 aliphatic carbocycles. The molecule has 1 heterocycles. The number of rotatable bonds is 7. The third-order valence-corrected chi connectivity index (χ3v) is 5.75. The smallest absolute Gasteiger partial charge is 0.122 e. The average Bonchev–Trinajstić information content (AvgIpc) is 3.12. The Morgan fingerprint density at radius 3 is 2.88 bits per heavy atom. The van der Waals surface area contributed by atoms with Crippen molar-refractivity contribution in [2.75, 3.05) is 20.2 Å². The van der Waals surface area contributed by atoms with Crippen molar-refractivity contribution in [3.63, 3.8) is 0 Å². The Morgan fingerprint density at radius 2 is 2.08 bits per heavy atom. The van der Waals surface area contributed by atoms with E-state index in [1.54, 1.807) is 7.11 Å². The molecule has 5 heteroatoms. The van der Waals surface area contributed by atoms with E-state index in [0.29, 0.717) is 12.7 Å². The molecular formula is C19H22BrNO2S. The van der Waals surface area contributed by atoms with E-state index >= 15 is 0 Å². The van der Waals surface area contributed by atoms with Crippen LogP contribution in [0.2, 0.25) is 0 Å². The molecule has 24 heavy (non-hydrogen) atoms. The minimum Gasteiger partial charge on any atom is -0.496 e. The zero-order valence-electron chi connectivity index (χ0n) is 13.8. The molecule has 128 valence electrons. The normalized spacial score (nSPS) is 17.2. The summed E-state index contributed by atoms with van der Waals surface area (Å²) in [6, 6.07) is 14.6. The Kier molecular flexibility index (Phi) is 6.60. The van der Waals surface area contributed by atoms with Gasteiger partial charge in [0.2, 0.25) is 0 Å². The Labute approximate surface area is 156 Å². The first-order valence-electron chi connectivity index (χ1n) is 8.11. The highest BCUT2D eigenvalue weighted by Crippen LogP contribution is 2.32. The maximum Gasteiger partial charge on any atom is 0.122 e. The van der Waals surface area contributed by atoms with Crippen LogP contribution in [0.4, 0.5) is 0 Å². The van der Waals surface area contributed by atoms with Gasteiger partial charge in [0.15, 0.2) is 0 Å². The number of hydrogen-bond acceptors (Lipinski definition) is 4. The van der Waals surface area contributed by atoms with Gasteiger partial charge in [-0.1, -0.05) is 34.1 Å². The largest absolute Gasteiger partial charge is 0.496 e. The predicted molar refractivity (Wildman–Crippen MR) is 103 cm³/mol. The van der Waals surface area contributed by atoms with Crippen LogP contribution in [-0.4, -0.2) is 26.3 Å².